The van der Waals surface area contributed by atoms with Crippen molar-refractivity contribution in [1.82, 2.24) is 24.4 Å². The van der Waals surface area contributed by atoms with Crippen LogP contribution in [-0.2, 0) is 22.3 Å². The van der Waals surface area contributed by atoms with Gasteiger partial charge < -0.3 is 19.9 Å². The van der Waals surface area contributed by atoms with Crippen LogP contribution in [0.25, 0.3) is 11.0 Å². The Morgan fingerprint density at radius 2 is 2.00 bits per heavy atom. The number of amides is 1. The molecule has 0 spiro atoms. The van der Waals surface area contributed by atoms with E-state index in [1.165, 1.54) is 12.4 Å². The summed E-state index contributed by atoms with van der Waals surface area (Å²) >= 11 is 0. The molecule has 1 amide bonds. The number of aromatic nitrogens is 4. The second-order valence-electron chi connectivity index (χ2n) is 9.42. The molecule has 5 rings (SSSR count). The molecule has 0 bridgehead atoms. The van der Waals surface area contributed by atoms with E-state index in [9.17, 15) is 22.4 Å². The predicted molar refractivity (Wildman–Crippen MR) is 126 cm³/mol. The third-order valence-corrected chi connectivity index (χ3v) is 6.96. The summed E-state index contributed by atoms with van der Waals surface area (Å²) in [6, 6.07) is 3.82. The number of carbonyl (C=O) groups excluding carboxylic acids is 1. The Balaban J connectivity index is 1.37. The molecule has 198 valence electrons. The molecule has 2 saturated heterocycles. The van der Waals surface area contributed by atoms with Gasteiger partial charge in [-0.05, 0) is 31.2 Å². The highest BCUT2D eigenvalue weighted by atomic mass is 19.4. The first-order valence-electron chi connectivity index (χ1n) is 12.0. The van der Waals surface area contributed by atoms with Gasteiger partial charge in [0.15, 0.2) is 0 Å². The number of likely N-dealkylation sites (tertiary alicyclic amines) is 1. The van der Waals surface area contributed by atoms with Gasteiger partial charge in [-0.3, -0.25) is 14.7 Å². The molecular formula is C24H27F4N7O2. The van der Waals surface area contributed by atoms with Crippen LogP contribution in [0.5, 0.6) is 0 Å². The Bertz CT molecular complexity index is 1250. The van der Waals surface area contributed by atoms with Crippen LogP contribution in [-0.4, -0.2) is 75.9 Å². The zero-order valence-electron chi connectivity index (χ0n) is 19.9. The molecule has 9 nitrogen and oxygen atoms in total. The highest BCUT2D eigenvalue weighted by Gasteiger charge is 2.34. The number of halogens is 4. The second kappa shape index (κ2) is 10.2. The van der Waals surface area contributed by atoms with Crippen molar-refractivity contribution in [2.45, 2.75) is 31.4 Å². The lowest BCUT2D eigenvalue weighted by Gasteiger charge is -2.36. The maximum absolute atomic E-state index is 14.9. The summed E-state index contributed by atoms with van der Waals surface area (Å²) < 4.78 is 61.4. The molecule has 0 radical (unpaired) electrons. The van der Waals surface area contributed by atoms with E-state index in [0.29, 0.717) is 49.8 Å². The second-order valence-corrected chi connectivity index (χ2v) is 9.42. The van der Waals surface area contributed by atoms with E-state index in [1.54, 1.807) is 4.90 Å². The summed E-state index contributed by atoms with van der Waals surface area (Å²) in [6.45, 7) is 2.35. The Labute approximate surface area is 210 Å². The van der Waals surface area contributed by atoms with Gasteiger partial charge in [0.25, 0.3) is 0 Å². The zero-order valence-corrected chi connectivity index (χ0v) is 19.9. The summed E-state index contributed by atoms with van der Waals surface area (Å²) in [7, 11) is 0. The first-order valence-corrected chi connectivity index (χ1v) is 12.0. The molecule has 0 aliphatic carbocycles. The minimum atomic E-state index is -4.47. The van der Waals surface area contributed by atoms with E-state index in [0.717, 1.165) is 17.6 Å². The van der Waals surface area contributed by atoms with E-state index in [-0.39, 0.29) is 25.6 Å². The number of piperidine rings is 1. The van der Waals surface area contributed by atoms with Gasteiger partial charge in [-0.15, -0.1) is 0 Å². The molecule has 2 unspecified atom stereocenters. The SMILES string of the molecule is NC(=O)CN1CCC(Cn2ccc3c(N4CCOCC4c4ccc(C(F)(F)F)cn4)ncnc32)[C@@H](F)C1. The van der Waals surface area contributed by atoms with Gasteiger partial charge >= 0.3 is 6.18 Å². The van der Waals surface area contributed by atoms with E-state index >= 15 is 0 Å². The van der Waals surface area contributed by atoms with Crippen LogP contribution in [0.3, 0.4) is 0 Å². The third kappa shape index (κ3) is 5.37. The van der Waals surface area contributed by atoms with Crippen molar-refractivity contribution in [3.8, 4) is 0 Å². The Hall–Kier alpha value is -3.32. The quantitative estimate of drug-likeness (QED) is 0.498. The van der Waals surface area contributed by atoms with E-state index in [4.69, 9.17) is 10.5 Å². The number of anilines is 1. The molecule has 3 aromatic heterocycles. The van der Waals surface area contributed by atoms with Gasteiger partial charge in [-0.1, -0.05) is 0 Å². The Kier molecular flexibility index (Phi) is 6.99. The highest BCUT2D eigenvalue weighted by molar-refractivity contribution is 5.88. The van der Waals surface area contributed by atoms with Crippen LogP contribution in [0.1, 0.15) is 23.7 Å². The predicted octanol–water partition coefficient (Wildman–Crippen LogP) is 2.57. The van der Waals surface area contributed by atoms with Gasteiger partial charge in [0.1, 0.15) is 24.0 Å². The van der Waals surface area contributed by atoms with Crippen molar-refractivity contribution in [1.29, 1.82) is 0 Å². The molecule has 2 N–H and O–H groups in total. The summed E-state index contributed by atoms with van der Waals surface area (Å²) in [4.78, 5) is 27.9. The molecular weight excluding hydrogens is 494 g/mol. The van der Waals surface area contributed by atoms with E-state index in [2.05, 4.69) is 15.0 Å². The van der Waals surface area contributed by atoms with Crippen LogP contribution in [0.4, 0.5) is 23.4 Å². The monoisotopic (exact) mass is 521 g/mol. The lowest BCUT2D eigenvalue weighted by Crippen LogP contribution is -2.46. The van der Waals surface area contributed by atoms with Crippen molar-refractivity contribution < 1.29 is 27.1 Å². The molecule has 2 fully saturated rings. The van der Waals surface area contributed by atoms with Crippen LogP contribution >= 0.6 is 0 Å². The van der Waals surface area contributed by atoms with Crippen molar-refractivity contribution in [2.75, 3.05) is 44.3 Å². The van der Waals surface area contributed by atoms with Crippen LogP contribution in [0, 0.1) is 5.92 Å². The number of carbonyl (C=O) groups is 1. The molecule has 2 aliphatic rings. The Morgan fingerprint density at radius 1 is 1.16 bits per heavy atom. The third-order valence-electron chi connectivity index (χ3n) is 6.96. The van der Waals surface area contributed by atoms with Crippen LogP contribution in [0.2, 0.25) is 0 Å². The molecule has 0 saturated carbocycles. The largest absolute Gasteiger partial charge is 0.417 e. The number of alkyl halides is 4. The van der Waals surface area contributed by atoms with Crippen molar-refractivity contribution >= 4 is 22.8 Å². The fourth-order valence-electron chi connectivity index (χ4n) is 5.08. The average molecular weight is 522 g/mol. The zero-order chi connectivity index (χ0) is 26.2. The number of primary amides is 1. The first kappa shape index (κ1) is 25.3. The molecule has 3 aromatic rings. The number of nitrogens with zero attached hydrogens (tertiary/aromatic N) is 6. The summed E-state index contributed by atoms with van der Waals surface area (Å²) in [5, 5.41) is 0.753. The van der Waals surface area contributed by atoms with Crippen molar-refractivity contribution in [3.05, 3.63) is 48.2 Å². The smallest absolute Gasteiger partial charge is 0.377 e. The molecule has 0 aromatic carbocycles. The van der Waals surface area contributed by atoms with Crippen molar-refractivity contribution in [3.63, 3.8) is 0 Å². The summed E-state index contributed by atoms with van der Waals surface area (Å²) in [5.74, 6) is -0.100. The lowest BCUT2D eigenvalue weighted by molar-refractivity contribution is -0.137. The van der Waals surface area contributed by atoms with Gasteiger partial charge in [0.2, 0.25) is 5.91 Å². The summed E-state index contributed by atoms with van der Waals surface area (Å²) in [6.07, 6.45) is -0.887. The van der Waals surface area contributed by atoms with Gasteiger partial charge in [0, 0.05) is 37.9 Å². The van der Waals surface area contributed by atoms with Gasteiger partial charge in [0.05, 0.1) is 42.4 Å². The molecule has 13 heteroatoms. The number of rotatable bonds is 6. The highest BCUT2D eigenvalue weighted by Crippen LogP contribution is 2.34. The first-order chi connectivity index (χ1) is 17.7. The number of hydrogen-bond acceptors (Lipinski definition) is 7. The number of hydrogen-bond donors (Lipinski definition) is 1. The van der Waals surface area contributed by atoms with Gasteiger partial charge in [-0.2, -0.15) is 13.2 Å². The standard InChI is InChI=1S/C24H27F4N7O2/c25-18-11-33(12-21(29)36)5-3-15(18)10-34-6-4-17-22(34)31-14-32-23(17)35-7-8-37-13-20(35)19-2-1-16(9-30-19)24(26,27)28/h1-2,4,6,9,14-15,18,20H,3,5,7-8,10-13H2,(H2,29,36)/t15?,18-,20?/m0/s1. The fraction of sp³-hybridized carbons (Fsp3) is 0.500. The minimum absolute atomic E-state index is 0.0463. The Morgan fingerprint density at radius 3 is 2.70 bits per heavy atom. The molecule has 3 atom stereocenters. The number of ether oxygens (including phenoxy) is 1. The normalized spacial score (nSPS) is 23.5. The summed E-state index contributed by atoms with van der Waals surface area (Å²) in [5.41, 5.74) is 5.51. The molecule has 37 heavy (non-hydrogen) atoms. The van der Waals surface area contributed by atoms with Gasteiger partial charge in [-0.25, -0.2) is 14.4 Å². The number of pyridine rings is 1. The van der Waals surface area contributed by atoms with Crippen LogP contribution < -0.4 is 10.6 Å². The molecule has 2 aliphatic heterocycles. The fourth-order valence-corrected chi connectivity index (χ4v) is 5.08. The number of nitrogens with two attached hydrogens (primary N) is 1. The average Bonchev–Trinajstić information content (AvgIpc) is 3.28. The van der Waals surface area contributed by atoms with E-state index < -0.39 is 29.9 Å². The lowest BCUT2D eigenvalue weighted by atomic mass is 9.94. The number of morpholine rings is 1. The maximum Gasteiger partial charge on any atom is 0.417 e. The van der Waals surface area contributed by atoms with E-state index in [1.807, 2.05) is 21.7 Å². The van der Waals surface area contributed by atoms with Crippen LogP contribution in [0.15, 0.2) is 36.9 Å². The number of fused-ring (bicyclic) bond motifs is 1. The minimum Gasteiger partial charge on any atom is -0.377 e. The maximum atomic E-state index is 14.9. The topological polar surface area (TPSA) is 102 Å². The molecule has 5 heterocycles. The van der Waals surface area contributed by atoms with Crippen molar-refractivity contribution in [2.24, 2.45) is 11.7 Å².